The summed E-state index contributed by atoms with van der Waals surface area (Å²) in [6, 6.07) is 3.97. The van der Waals surface area contributed by atoms with Gasteiger partial charge >= 0.3 is 5.97 Å². The molecule has 1 atom stereocenters. The highest BCUT2D eigenvalue weighted by Crippen LogP contribution is 2.42. The molecule has 3 aromatic heterocycles. The SMILES string of the molecule is CCOC(=O)c1cnc2c(c(C)nn2C)c1N1CCCC1c1ccco1. The van der Waals surface area contributed by atoms with Gasteiger partial charge in [-0.05, 0) is 38.8 Å². The number of carbonyl (C=O) groups excluding carboxylic acids is 1. The second kappa shape index (κ2) is 6.48. The molecule has 26 heavy (non-hydrogen) atoms. The van der Waals surface area contributed by atoms with Gasteiger partial charge in [0, 0.05) is 19.8 Å². The van der Waals surface area contributed by atoms with E-state index in [1.54, 1.807) is 24.1 Å². The summed E-state index contributed by atoms with van der Waals surface area (Å²) in [5, 5.41) is 5.41. The predicted octanol–water partition coefficient (Wildman–Crippen LogP) is 3.39. The maximum atomic E-state index is 12.6. The molecule has 3 aromatic rings. The molecule has 4 rings (SSSR count). The monoisotopic (exact) mass is 354 g/mol. The van der Waals surface area contributed by atoms with Crippen molar-refractivity contribution >= 4 is 22.7 Å². The number of furan rings is 1. The molecule has 4 heterocycles. The van der Waals surface area contributed by atoms with Crippen molar-refractivity contribution in [2.75, 3.05) is 18.1 Å². The van der Waals surface area contributed by atoms with Crippen LogP contribution in [0, 0.1) is 6.92 Å². The normalized spacial score (nSPS) is 17.2. The van der Waals surface area contributed by atoms with Crippen LogP contribution in [0.25, 0.3) is 11.0 Å². The topological polar surface area (TPSA) is 73.4 Å². The summed E-state index contributed by atoms with van der Waals surface area (Å²) >= 11 is 0. The van der Waals surface area contributed by atoms with Crippen molar-refractivity contribution in [3.63, 3.8) is 0 Å². The van der Waals surface area contributed by atoms with Gasteiger partial charge in [0.1, 0.15) is 11.3 Å². The Morgan fingerprint density at radius 3 is 3.04 bits per heavy atom. The molecule has 1 unspecified atom stereocenters. The van der Waals surface area contributed by atoms with E-state index in [4.69, 9.17) is 9.15 Å². The number of esters is 1. The number of aryl methyl sites for hydroxylation is 2. The molecule has 0 saturated carbocycles. The Bertz CT molecular complexity index is 946. The number of ether oxygens (including phenoxy) is 1. The molecule has 0 radical (unpaired) electrons. The average molecular weight is 354 g/mol. The van der Waals surface area contributed by atoms with Crippen molar-refractivity contribution in [2.45, 2.75) is 32.7 Å². The molecule has 0 spiro atoms. The molecule has 7 heteroatoms. The number of anilines is 1. The molecule has 1 aliphatic rings. The lowest BCUT2D eigenvalue weighted by Crippen LogP contribution is -2.25. The largest absolute Gasteiger partial charge is 0.467 e. The molecule has 0 bridgehead atoms. The van der Waals surface area contributed by atoms with Crippen LogP contribution in [0.15, 0.2) is 29.0 Å². The summed E-state index contributed by atoms with van der Waals surface area (Å²) < 4.78 is 12.7. The highest BCUT2D eigenvalue weighted by molar-refractivity contribution is 6.05. The minimum absolute atomic E-state index is 0.0865. The second-order valence-electron chi connectivity index (χ2n) is 6.52. The Labute approximate surface area is 151 Å². The van der Waals surface area contributed by atoms with E-state index in [0.717, 1.165) is 47.6 Å². The van der Waals surface area contributed by atoms with Crippen LogP contribution < -0.4 is 4.90 Å². The van der Waals surface area contributed by atoms with Gasteiger partial charge in [0.05, 0.1) is 35.7 Å². The van der Waals surface area contributed by atoms with Crippen molar-refractivity contribution in [1.29, 1.82) is 0 Å². The van der Waals surface area contributed by atoms with Gasteiger partial charge in [-0.1, -0.05) is 0 Å². The first-order chi connectivity index (χ1) is 12.6. The average Bonchev–Trinajstić information content (AvgIpc) is 3.35. The summed E-state index contributed by atoms with van der Waals surface area (Å²) in [5.74, 6) is 0.550. The first-order valence-electron chi connectivity index (χ1n) is 8.91. The maximum absolute atomic E-state index is 12.6. The van der Waals surface area contributed by atoms with E-state index >= 15 is 0 Å². The van der Waals surface area contributed by atoms with Crippen LogP contribution in [0.1, 0.15) is 47.6 Å². The van der Waals surface area contributed by atoms with Crippen molar-refractivity contribution in [1.82, 2.24) is 14.8 Å². The lowest BCUT2D eigenvalue weighted by atomic mass is 10.1. The molecular formula is C19H22N4O3. The molecule has 1 fully saturated rings. The highest BCUT2D eigenvalue weighted by Gasteiger charge is 2.34. The Kier molecular flexibility index (Phi) is 4.14. The Hall–Kier alpha value is -2.83. The number of pyridine rings is 1. The molecular weight excluding hydrogens is 332 g/mol. The van der Waals surface area contributed by atoms with Gasteiger partial charge in [0.15, 0.2) is 5.65 Å². The van der Waals surface area contributed by atoms with Gasteiger partial charge in [0.25, 0.3) is 0 Å². The van der Waals surface area contributed by atoms with E-state index in [2.05, 4.69) is 15.0 Å². The summed E-state index contributed by atoms with van der Waals surface area (Å²) in [6.07, 6.45) is 5.29. The molecule has 0 amide bonds. The number of rotatable bonds is 4. The maximum Gasteiger partial charge on any atom is 0.341 e. The number of hydrogen-bond donors (Lipinski definition) is 0. The summed E-state index contributed by atoms with van der Waals surface area (Å²) in [7, 11) is 1.87. The zero-order valence-electron chi connectivity index (χ0n) is 15.2. The minimum atomic E-state index is -0.356. The van der Waals surface area contributed by atoms with Crippen LogP contribution in [0.2, 0.25) is 0 Å². The molecule has 7 nitrogen and oxygen atoms in total. The van der Waals surface area contributed by atoms with Gasteiger partial charge in [-0.25, -0.2) is 9.78 Å². The highest BCUT2D eigenvalue weighted by atomic mass is 16.5. The zero-order valence-corrected chi connectivity index (χ0v) is 15.2. The number of nitrogens with zero attached hydrogens (tertiary/aromatic N) is 4. The fraction of sp³-hybridized carbons (Fsp3) is 0.421. The van der Waals surface area contributed by atoms with E-state index in [1.165, 1.54) is 0 Å². The summed E-state index contributed by atoms with van der Waals surface area (Å²) in [4.78, 5) is 19.4. The minimum Gasteiger partial charge on any atom is -0.467 e. The van der Waals surface area contributed by atoms with Gasteiger partial charge in [-0.2, -0.15) is 5.10 Å². The number of aromatic nitrogens is 3. The standard InChI is InChI=1S/C19H22N4O3/c1-4-25-19(24)13-11-20-18-16(12(2)21-22(18)3)17(13)23-9-5-7-14(23)15-8-6-10-26-15/h6,8,10-11,14H,4-5,7,9H2,1-3H3. The molecule has 136 valence electrons. The van der Waals surface area contributed by atoms with Crippen molar-refractivity contribution < 1.29 is 13.9 Å². The molecule has 0 aliphatic carbocycles. The fourth-order valence-electron chi connectivity index (χ4n) is 3.86. The first kappa shape index (κ1) is 16.6. The van der Waals surface area contributed by atoms with Gasteiger partial charge < -0.3 is 14.1 Å². The fourth-order valence-corrected chi connectivity index (χ4v) is 3.86. The first-order valence-corrected chi connectivity index (χ1v) is 8.91. The van der Waals surface area contributed by atoms with Crippen LogP contribution >= 0.6 is 0 Å². The zero-order chi connectivity index (χ0) is 18.3. The number of fused-ring (bicyclic) bond motifs is 1. The Morgan fingerprint density at radius 1 is 1.46 bits per heavy atom. The van der Waals surface area contributed by atoms with Crippen LogP contribution in [0.3, 0.4) is 0 Å². The van der Waals surface area contributed by atoms with Crippen LogP contribution in [-0.2, 0) is 11.8 Å². The predicted molar refractivity (Wildman–Crippen MR) is 97.2 cm³/mol. The quantitative estimate of drug-likeness (QED) is 0.669. The third kappa shape index (κ3) is 2.55. The van der Waals surface area contributed by atoms with Crippen LogP contribution in [0.4, 0.5) is 5.69 Å². The molecule has 1 saturated heterocycles. The van der Waals surface area contributed by atoms with E-state index in [9.17, 15) is 4.79 Å². The second-order valence-corrected chi connectivity index (χ2v) is 6.52. The lowest BCUT2D eigenvalue weighted by Gasteiger charge is -2.27. The number of hydrogen-bond acceptors (Lipinski definition) is 6. The van der Waals surface area contributed by atoms with E-state index < -0.39 is 0 Å². The smallest absolute Gasteiger partial charge is 0.341 e. The number of carbonyl (C=O) groups is 1. The van der Waals surface area contributed by atoms with E-state index in [1.807, 2.05) is 26.1 Å². The Balaban J connectivity index is 1.93. The summed E-state index contributed by atoms with van der Waals surface area (Å²) in [5.41, 5.74) is 2.93. The molecule has 0 N–H and O–H groups in total. The van der Waals surface area contributed by atoms with Gasteiger partial charge in [-0.15, -0.1) is 0 Å². The summed E-state index contributed by atoms with van der Waals surface area (Å²) in [6.45, 7) is 4.91. The van der Waals surface area contributed by atoms with Crippen LogP contribution in [-0.4, -0.2) is 33.9 Å². The van der Waals surface area contributed by atoms with Crippen LogP contribution in [0.5, 0.6) is 0 Å². The van der Waals surface area contributed by atoms with E-state index in [-0.39, 0.29) is 12.0 Å². The van der Waals surface area contributed by atoms with Crippen molar-refractivity contribution in [3.8, 4) is 0 Å². The third-order valence-electron chi connectivity index (χ3n) is 4.91. The third-order valence-corrected chi connectivity index (χ3v) is 4.91. The Morgan fingerprint density at radius 2 is 2.31 bits per heavy atom. The lowest BCUT2D eigenvalue weighted by molar-refractivity contribution is 0.0526. The van der Waals surface area contributed by atoms with Gasteiger partial charge in [-0.3, -0.25) is 4.68 Å². The molecule has 1 aliphatic heterocycles. The van der Waals surface area contributed by atoms with Crippen molar-refractivity contribution in [3.05, 3.63) is 41.6 Å². The van der Waals surface area contributed by atoms with Crippen molar-refractivity contribution in [2.24, 2.45) is 7.05 Å². The molecule has 0 aromatic carbocycles. The van der Waals surface area contributed by atoms with E-state index in [0.29, 0.717) is 12.2 Å². The van der Waals surface area contributed by atoms with Gasteiger partial charge in [0.2, 0.25) is 0 Å².